The van der Waals surface area contributed by atoms with E-state index in [0.29, 0.717) is 11.3 Å². The van der Waals surface area contributed by atoms with Crippen LogP contribution in [0.15, 0.2) is 72.1 Å². The Balaban J connectivity index is 0.000000207. The molecule has 0 radical (unpaired) electrons. The molecule has 0 atom stereocenters. The quantitative estimate of drug-likeness (QED) is 0.120. The minimum atomic E-state index is 0. The van der Waals surface area contributed by atoms with E-state index in [-0.39, 0.29) is 27.4 Å². The topological polar surface area (TPSA) is 108 Å². The van der Waals surface area contributed by atoms with Gasteiger partial charge in [0.15, 0.2) is 5.11 Å². The summed E-state index contributed by atoms with van der Waals surface area (Å²) in [6.07, 6.45) is 5.07. The number of nitrogens with two attached hydrogens (primary N) is 1. The molecule has 0 amide bonds. The molecule has 0 aliphatic carbocycles. The SMILES string of the molecule is COc1cccc(C=NNC(N)=S)c1[OH2+].[Ni+2].c1cnc2c(c1)ccc1cccnc12. The van der Waals surface area contributed by atoms with Gasteiger partial charge in [-0.2, -0.15) is 5.10 Å². The molecule has 5 N–H and O–H groups in total. The number of hydrazone groups is 1. The van der Waals surface area contributed by atoms with Gasteiger partial charge in [0.2, 0.25) is 5.75 Å². The first-order valence-corrected chi connectivity index (χ1v) is 9.06. The van der Waals surface area contributed by atoms with Gasteiger partial charge < -0.3 is 15.6 Å². The van der Waals surface area contributed by atoms with Crippen LogP contribution in [-0.2, 0) is 16.5 Å². The van der Waals surface area contributed by atoms with Crippen LogP contribution in [-0.4, -0.2) is 33.5 Å². The molecule has 0 bridgehead atoms. The zero-order chi connectivity index (χ0) is 20.6. The Bertz CT molecular complexity index is 1130. The van der Waals surface area contributed by atoms with Crippen LogP contribution in [0.3, 0.4) is 0 Å². The molecule has 2 heterocycles. The largest absolute Gasteiger partial charge is 2.00 e. The number of nitrogens with one attached hydrogen (secondary N) is 1. The number of hydrogen-bond acceptors (Lipinski definition) is 5. The van der Waals surface area contributed by atoms with Crippen molar-refractivity contribution in [1.82, 2.24) is 15.4 Å². The van der Waals surface area contributed by atoms with E-state index in [1.807, 2.05) is 12.1 Å². The van der Waals surface area contributed by atoms with Gasteiger partial charge in [-0.15, -0.1) is 0 Å². The third-order valence-electron chi connectivity index (χ3n) is 4.00. The van der Waals surface area contributed by atoms with Gasteiger partial charge in [-0.3, -0.25) is 15.4 Å². The van der Waals surface area contributed by atoms with Crippen LogP contribution in [0, 0.1) is 0 Å². The van der Waals surface area contributed by atoms with E-state index >= 15 is 0 Å². The van der Waals surface area contributed by atoms with Gasteiger partial charge in [-0.25, -0.2) is 0 Å². The first-order valence-electron chi connectivity index (χ1n) is 8.65. The van der Waals surface area contributed by atoms with Crippen molar-refractivity contribution in [2.24, 2.45) is 10.8 Å². The maximum Gasteiger partial charge on any atom is 2.00 e. The molecule has 0 aliphatic heterocycles. The van der Waals surface area contributed by atoms with E-state index in [4.69, 9.17) is 15.6 Å². The minimum Gasteiger partial charge on any atom is -0.590 e. The molecule has 0 fully saturated rings. The summed E-state index contributed by atoms with van der Waals surface area (Å²) in [6.45, 7) is 0. The normalized spacial score (nSPS) is 10.2. The first kappa shape index (κ1) is 23.0. The summed E-state index contributed by atoms with van der Waals surface area (Å²) in [6, 6.07) is 17.4. The standard InChI is InChI=1S/C12H8N2.C9H11N3O2S.Ni/c1-3-9-5-6-10-4-2-8-14-12(10)11(9)13-7-1;1-14-7-4-2-3-6(8(7)13)5-11-12-9(10)15;/h1-8H;2-5,13H,1H3,(H3,10,12,15);/q;;+2/p+1. The molecular formula is C21H20N5NiO2S+3. The number of aromatic nitrogens is 2. The number of thiocarbonyl (C=S) groups is 1. The zero-order valence-corrected chi connectivity index (χ0v) is 17.8. The molecule has 4 rings (SSSR count). The number of fused-ring (bicyclic) bond motifs is 3. The molecule has 4 aromatic rings. The Morgan fingerprint density at radius 1 is 1.03 bits per heavy atom. The smallest absolute Gasteiger partial charge is 0.590 e. The third-order valence-corrected chi connectivity index (χ3v) is 4.09. The van der Waals surface area contributed by atoms with E-state index in [0.717, 1.165) is 21.8 Å². The van der Waals surface area contributed by atoms with Crippen molar-refractivity contribution in [1.29, 1.82) is 0 Å². The first-order chi connectivity index (χ1) is 14.1. The average molecular weight is 465 g/mol. The van der Waals surface area contributed by atoms with Crippen molar-refractivity contribution < 1.29 is 26.3 Å². The van der Waals surface area contributed by atoms with Gasteiger partial charge in [0.05, 0.1) is 29.9 Å². The Labute approximate surface area is 188 Å². The fourth-order valence-corrected chi connectivity index (χ4v) is 2.72. The zero-order valence-electron chi connectivity index (χ0n) is 16.0. The van der Waals surface area contributed by atoms with Gasteiger partial charge in [-0.05, 0) is 36.5 Å². The van der Waals surface area contributed by atoms with E-state index in [9.17, 15) is 0 Å². The Morgan fingerprint density at radius 3 is 2.17 bits per heavy atom. The summed E-state index contributed by atoms with van der Waals surface area (Å²) in [5.41, 5.74) is 10.2. The number of pyridine rings is 2. The predicted octanol–water partition coefficient (Wildman–Crippen LogP) is 3.08. The van der Waals surface area contributed by atoms with E-state index < -0.39 is 0 Å². The second kappa shape index (κ2) is 11.0. The van der Waals surface area contributed by atoms with Gasteiger partial charge in [-0.1, -0.05) is 30.3 Å². The van der Waals surface area contributed by atoms with Gasteiger partial charge in [0.1, 0.15) is 0 Å². The van der Waals surface area contributed by atoms with Crippen LogP contribution in [0.25, 0.3) is 21.8 Å². The van der Waals surface area contributed by atoms with Crippen LogP contribution in [0.2, 0.25) is 0 Å². The van der Waals surface area contributed by atoms with Crippen molar-refractivity contribution in [3.8, 4) is 11.5 Å². The molecule has 2 aromatic carbocycles. The second-order valence-electron chi connectivity index (χ2n) is 5.87. The number of ether oxygens (including phenoxy) is 1. The summed E-state index contributed by atoms with van der Waals surface area (Å²) < 4.78 is 4.99. The number of para-hydroxylation sites is 1. The van der Waals surface area contributed by atoms with Crippen LogP contribution < -0.4 is 15.9 Å². The molecule has 9 heteroatoms. The second-order valence-corrected chi connectivity index (χ2v) is 6.31. The van der Waals surface area contributed by atoms with Crippen LogP contribution in [0.1, 0.15) is 5.56 Å². The monoisotopic (exact) mass is 464 g/mol. The molecule has 0 saturated carbocycles. The number of benzene rings is 2. The summed E-state index contributed by atoms with van der Waals surface area (Å²) in [5.74, 6) is 0.766. The predicted molar refractivity (Wildman–Crippen MR) is 121 cm³/mol. The summed E-state index contributed by atoms with van der Waals surface area (Å²) >= 11 is 4.57. The number of hydrogen-bond donors (Lipinski definition) is 2. The summed E-state index contributed by atoms with van der Waals surface area (Å²) in [5, 5.41) is 13.8. The number of methoxy groups -OCH3 is 1. The maximum absolute atomic E-state index is 7.72. The van der Waals surface area contributed by atoms with E-state index in [1.165, 1.54) is 13.3 Å². The number of rotatable bonds is 3. The summed E-state index contributed by atoms with van der Waals surface area (Å²) in [7, 11) is 1.52. The molecule has 2 aromatic heterocycles. The minimum absolute atomic E-state index is 0. The fraction of sp³-hybridized carbons (Fsp3) is 0.0476. The molecule has 0 aliphatic rings. The van der Waals surface area contributed by atoms with E-state index in [1.54, 1.807) is 30.6 Å². The Hall–Kier alpha value is -3.29. The molecule has 0 saturated heterocycles. The van der Waals surface area contributed by atoms with Gasteiger partial charge >= 0.3 is 22.2 Å². The molecular weight excluding hydrogens is 445 g/mol. The van der Waals surface area contributed by atoms with Crippen molar-refractivity contribution in [3.63, 3.8) is 0 Å². The molecule has 0 unspecified atom stereocenters. The summed E-state index contributed by atoms with van der Waals surface area (Å²) in [4.78, 5) is 8.69. The van der Waals surface area contributed by atoms with Crippen LogP contribution in [0.4, 0.5) is 0 Å². The van der Waals surface area contributed by atoms with E-state index in [2.05, 4.69) is 57.0 Å². The molecule has 7 nitrogen and oxygen atoms in total. The fourth-order valence-electron chi connectivity index (χ4n) is 2.67. The van der Waals surface area contributed by atoms with Gasteiger partial charge in [0, 0.05) is 23.2 Å². The Morgan fingerprint density at radius 2 is 1.63 bits per heavy atom. The average Bonchev–Trinajstić information content (AvgIpc) is 2.75. The third kappa shape index (κ3) is 5.62. The molecule has 0 spiro atoms. The van der Waals surface area contributed by atoms with Gasteiger partial charge in [0.25, 0.3) is 0 Å². The van der Waals surface area contributed by atoms with Crippen molar-refractivity contribution in [2.75, 3.05) is 7.11 Å². The molecule has 30 heavy (non-hydrogen) atoms. The van der Waals surface area contributed by atoms with Crippen LogP contribution in [0.5, 0.6) is 11.5 Å². The van der Waals surface area contributed by atoms with Crippen LogP contribution >= 0.6 is 12.2 Å². The Kier molecular flexibility index (Phi) is 8.46. The molecule has 154 valence electrons. The van der Waals surface area contributed by atoms with Crippen molar-refractivity contribution >= 4 is 45.4 Å². The van der Waals surface area contributed by atoms with Crippen molar-refractivity contribution in [2.45, 2.75) is 0 Å². The van der Waals surface area contributed by atoms with Crippen molar-refractivity contribution in [3.05, 3.63) is 72.6 Å². The number of nitrogens with zero attached hydrogens (tertiary/aromatic N) is 3. The maximum atomic E-state index is 7.72.